The number of thioether (sulfide) groups is 1. The molecule has 1 aromatic carbocycles. The molecule has 1 aromatic heterocycles. The van der Waals surface area contributed by atoms with Crippen LogP contribution >= 0.6 is 23.4 Å². The van der Waals surface area contributed by atoms with Gasteiger partial charge in [-0.25, -0.2) is 0 Å². The molecular formula is C15H19ClN4O2S. The number of rotatable bonds is 7. The number of carbonyl (C=O) groups is 1. The highest BCUT2D eigenvalue weighted by Gasteiger charge is 2.15. The number of benzene rings is 1. The Morgan fingerprint density at radius 1 is 1.52 bits per heavy atom. The zero-order chi connectivity index (χ0) is 16.8. The van der Waals surface area contributed by atoms with Crippen molar-refractivity contribution in [3.63, 3.8) is 0 Å². The maximum Gasteiger partial charge on any atom is 0.260 e. The fourth-order valence-electron chi connectivity index (χ4n) is 1.85. The molecule has 6 nitrogen and oxygen atoms in total. The number of hydrogen-bond donors (Lipinski definition) is 1. The molecule has 1 heterocycles. The van der Waals surface area contributed by atoms with E-state index in [4.69, 9.17) is 16.3 Å². The summed E-state index contributed by atoms with van der Waals surface area (Å²) in [6.45, 7) is 4.15. The van der Waals surface area contributed by atoms with Gasteiger partial charge in [0, 0.05) is 24.4 Å². The minimum absolute atomic E-state index is 0.155. The topological polar surface area (TPSA) is 69.0 Å². The molecule has 0 aliphatic rings. The van der Waals surface area contributed by atoms with Crippen molar-refractivity contribution in [2.45, 2.75) is 25.1 Å². The second kappa shape index (κ2) is 8.21. The molecule has 1 N–H and O–H groups in total. The highest BCUT2D eigenvalue weighted by molar-refractivity contribution is 7.99. The lowest BCUT2D eigenvalue weighted by atomic mass is 10.2. The van der Waals surface area contributed by atoms with E-state index < -0.39 is 6.10 Å². The Morgan fingerprint density at radius 3 is 2.96 bits per heavy atom. The SMILES string of the molecule is Cc1cc(Cl)ccc1O[C@H](C)C(=O)NCCSc1nncn1C. The van der Waals surface area contributed by atoms with Crippen LogP contribution < -0.4 is 10.1 Å². The van der Waals surface area contributed by atoms with Gasteiger partial charge in [-0.1, -0.05) is 23.4 Å². The van der Waals surface area contributed by atoms with Gasteiger partial charge in [0.25, 0.3) is 5.91 Å². The summed E-state index contributed by atoms with van der Waals surface area (Å²) in [6, 6.07) is 5.32. The van der Waals surface area contributed by atoms with Crippen molar-refractivity contribution in [1.82, 2.24) is 20.1 Å². The normalized spacial score (nSPS) is 12.0. The molecule has 0 saturated carbocycles. The molecule has 0 bridgehead atoms. The summed E-state index contributed by atoms with van der Waals surface area (Å²) in [7, 11) is 1.88. The summed E-state index contributed by atoms with van der Waals surface area (Å²) in [4.78, 5) is 12.0. The smallest absolute Gasteiger partial charge is 0.260 e. The number of amides is 1. The van der Waals surface area contributed by atoms with Gasteiger partial charge in [-0.2, -0.15) is 0 Å². The van der Waals surface area contributed by atoms with Crippen LogP contribution in [0.15, 0.2) is 29.7 Å². The summed E-state index contributed by atoms with van der Waals surface area (Å²) in [5.41, 5.74) is 0.898. The summed E-state index contributed by atoms with van der Waals surface area (Å²) in [5, 5.41) is 12.1. The Kier molecular flexibility index (Phi) is 6.29. The minimum atomic E-state index is -0.574. The van der Waals surface area contributed by atoms with Gasteiger partial charge in [0.1, 0.15) is 12.1 Å². The maximum atomic E-state index is 12.0. The Hall–Kier alpha value is -1.73. The second-order valence-corrected chi connectivity index (χ2v) is 6.53. The summed E-state index contributed by atoms with van der Waals surface area (Å²) >= 11 is 7.44. The minimum Gasteiger partial charge on any atom is -0.481 e. The highest BCUT2D eigenvalue weighted by atomic mass is 35.5. The average molecular weight is 355 g/mol. The van der Waals surface area contributed by atoms with Gasteiger partial charge in [-0.15, -0.1) is 10.2 Å². The van der Waals surface area contributed by atoms with Crippen LogP contribution in [0.5, 0.6) is 5.75 Å². The molecule has 8 heteroatoms. The molecule has 0 radical (unpaired) electrons. The lowest BCUT2D eigenvalue weighted by Gasteiger charge is -2.16. The zero-order valence-electron chi connectivity index (χ0n) is 13.2. The van der Waals surface area contributed by atoms with Gasteiger partial charge in [0.05, 0.1) is 0 Å². The van der Waals surface area contributed by atoms with Crippen LogP contribution in [0, 0.1) is 6.92 Å². The van der Waals surface area contributed by atoms with Crippen LogP contribution in [0.25, 0.3) is 0 Å². The molecule has 0 unspecified atom stereocenters. The Bertz CT molecular complexity index is 677. The first-order chi connectivity index (χ1) is 11.0. The molecular weight excluding hydrogens is 336 g/mol. The number of aromatic nitrogens is 3. The van der Waals surface area contributed by atoms with Crippen LogP contribution in [0.2, 0.25) is 5.02 Å². The highest BCUT2D eigenvalue weighted by Crippen LogP contribution is 2.22. The van der Waals surface area contributed by atoms with E-state index in [1.807, 2.05) is 18.5 Å². The summed E-state index contributed by atoms with van der Waals surface area (Å²) in [5.74, 6) is 1.22. The van der Waals surface area contributed by atoms with E-state index in [0.29, 0.717) is 23.1 Å². The maximum absolute atomic E-state index is 12.0. The predicted molar refractivity (Wildman–Crippen MR) is 91.0 cm³/mol. The summed E-state index contributed by atoms with van der Waals surface area (Å²) in [6.07, 6.45) is 1.07. The van der Waals surface area contributed by atoms with Crippen molar-refractivity contribution in [2.24, 2.45) is 7.05 Å². The number of nitrogens with zero attached hydrogens (tertiary/aromatic N) is 3. The van der Waals surface area contributed by atoms with Gasteiger partial charge >= 0.3 is 0 Å². The lowest BCUT2D eigenvalue weighted by Crippen LogP contribution is -2.37. The molecule has 124 valence electrons. The number of halogens is 1. The zero-order valence-corrected chi connectivity index (χ0v) is 14.8. The van der Waals surface area contributed by atoms with E-state index in [9.17, 15) is 4.79 Å². The Balaban J connectivity index is 1.75. The fourth-order valence-corrected chi connectivity index (χ4v) is 2.82. The number of hydrogen-bond acceptors (Lipinski definition) is 5. The Morgan fingerprint density at radius 2 is 2.30 bits per heavy atom. The lowest BCUT2D eigenvalue weighted by molar-refractivity contribution is -0.127. The van der Waals surface area contributed by atoms with E-state index >= 15 is 0 Å². The molecule has 2 aromatic rings. The fraction of sp³-hybridized carbons (Fsp3) is 0.400. The van der Waals surface area contributed by atoms with E-state index in [-0.39, 0.29) is 5.91 Å². The molecule has 1 amide bonds. The molecule has 0 fully saturated rings. The third-order valence-electron chi connectivity index (χ3n) is 3.11. The number of nitrogens with one attached hydrogen (secondary N) is 1. The van der Waals surface area contributed by atoms with Crippen molar-refractivity contribution >= 4 is 29.3 Å². The van der Waals surface area contributed by atoms with Crippen molar-refractivity contribution in [2.75, 3.05) is 12.3 Å². The van der Waals surface area contributed by atoms with Crippen LogP contribution in [-0.4, -0.2) is 39.1 Å². The third kappa shape index (κ3) is 5.14. The summed E-state index contributed by atoms with van der Waals surface area (Å²) < 4.78 is 7.51. The quantitative estimate of drug-likeness (QED) is 0.611. The van der Waals surface area contributed by atoms with Gasteiger partial charge in [-0.3, -0.25) is 4.79 Å². The van der Waals surface area contributed by atoms with Crippen molar-refractivity contribution in [3.8, 4) is 5.75 Å². The molecule has 0 saturated heterocycles. The Labute approximate surface area is 144 Å². The van der Waals surface area contributed by atoms with E-state index in [2.05, 4.69) is 15.5 Å². The van der Waals surface area contributed by atoms with Gasteiger partial charge in [0.15, 0.2) is 11.3 Å². The molecule has 23 heavy (non-hydrogen) atoms. The molecule has 2 rings (SSSR count). The molecule has 0 spiro atoms. The molecule has 0 aliphatic carbocycles. The predicted octanol–water partition coefficient (Wildman–Crippen LogP) is 2.45. The number of aryl methyl sites for hydroxylation is 2. The first-order valence-electron chi connectivity index (χ1n) is 7.14. The van der Waals surface area contributed by atoms with Crippen molar-refractivity contribution < 1.29 is 9.53 Å². The molecule has 0 aliphatic heterocycles. The van der Waals surface area contributed by atoms with Crippen LogP contribution in [0.3, 0.4) is 0 Å². The van der Waals surface area contributed by atoms with E-state index in [1.165, 1.54) is 11.8 Å². The van der Waals surface area contributed by atoms with Crippen LogP contribution in [0.1, 0.15) is 12.5 Å². The van der Waals surface area contributed by atoms with Crippen molar-refractivity contribution in [1.29, 1.82) is 0 Å². The average Bonchev–Trinajstić information content (AvgIpc) is 2.91. The van der Waals surface area contributed by atoms with Crippen LogP contribution in [0.4, 0.5) is 0 Å². The second-order valence-electron chi connectivity index (χ2n) is 5.03. The largest absolute Gasteiger partial charge is 0.481 e. The first kappa shape index (κ1) is 17.6. The third-order valence-corrected chi connectivity index (χ3v) is 4.38. The van der Waals surface area contributed by atoms with Crippen LogP contribution in [-0.2, 0) is 11.8 Å². The monoisotopic (exact) mass is 354 g/mol. The van der Waals surface area contributed by atoms with Gasteiger partial charge in [0.2, 0.25) is 0 Å². The van der Waals surface area contributed by atoms with Gasteiger partial charge < -0.3 is 14.6 Å². The number of carbonyl (C=O) groups excluding carboxylic acids is 1. The standard InChI is InChI=1S/C15H19ClN4O2S/c1-10-8-12(16)4-5-13(10)22-11(2)14(21)17-6-7-23-15-19-18-9-20(15)3/h4-5,8-9,11H,6-7H2,1-3H3,(H,17,21)/t11-/m1/s1. The van der Waals surface area contributed by atoms with Gasteiger partial charge in [-0.05, 0) is 37.6 Å². The molecule has 1 atom stereocenters. The van der Waals surface area contributed by atoms with E-state index in [1.54, 1.807) is 31.5 Å². The van der Waals surface area contributed by atoms with E-state index in [0.717, 1.165) is 10.7 Å². The van der Waals surface area contributed by atoms with Crippen molar-refractivity contribution in [3.05, 3.63) is 35.1 Å². The number of ether oxygens (including phenoxy) is 1. The first-order valence-corrected chi connectivity index (χ1v) is 8.51.